The number of carbonyl (C=O) groups excluding carboxylic acids is 1. The number of amides is 1. The van der Waals surface area contributed by atoms with Crippen LogP contribution in [-0.4, -0.2) is 5.91 Å². The third-order valence-corrected chi connectivity index (χ3v) is 3.26. The fourth-order valence-electron chi connectivity index (χ4n) is 2.17. The average molecular weight is 268 g/mol. The summed E-state index contributed by atoms with van der Waals surface area (Å²) in [6.07, 6.45) is 2.07. The van der Waals surface area contributed by atoms with Gasteiger partial charge in [-0.25, -0.2) is 0 Å². The maximum atomic E-state index is 12.0. The molecular formula is C17H20N2O. The zero-order chi connectivity index (χ0) is 14.4. The maximum absolute atomic E-state index is 12.0. The van der Waals surface area contributed by atoms with E-state index in [2.05, 4.69) is 12.2 Å². The van der Waals surface area contributed by atoms with E-state index in [0.29, 0.717) is 12.8 Å². The molecule has 2 aromatic rings. The first-order valence-corrected chi connectivity index (χ1v) is 6.91. The van der Waals surface area contributed by atoms with Gasteiger partial charge < -0.3 is 11.1 Å². The number of nitrogen functional groups attached to an aromatic ring is 1. The van der Waals surface area contributed by atoms with E-state index in [1.165, 1.54) is 0 Å². The molecular weight excluding hydrogens is 248 g/mol. The lowest BCUT2D eigenvalue weighted by atomic mass is 10.1. The molecule has 0 heterocycles. The first-order valence-electron chi connectivity index (χ1n) is 6.91. The minimum Gasteiger partial charge on any atom is -0.399 e. The molecule has 3 heteroatoms. The molecule has 3 N–H and O–H groups in total. The number of benzene rings is 2. The molecule has 0 aliphatic carbocycles. The van der Waals surface area contributed by atoms with Gasteiger partial charge in [0.05, 0.1) is 0 Å². The Balaban J connectivity index is 1.93. The zero-order valence-electron chi connectivity index (χ0n) is 11.7. The summed E-state index contributed by atoms with van der Waals surface area (Å²) >= 11 is 0. The molecule has 0 radical (unpaired) electrons. The summed E-state index contributed by atoms with van der Waals surface area (Å²) in [5.74, 6) is 0.0355. The minimum absolute atomic E-state index is 0.0355. The molecule has 0 unspecified atom stereocenters. The van der Waals surface area contributed by atoms with Crippen LogP contribution in [-0.2, 0) is 17.6 Å². The summed E-state index contributed by atoms with van der Waals surface area (Å²) in [5, 5.41) is 2.98. The van der Waals surface area contributed by atoms with Crippen molar-refractivity contribution in [1.82, 2.24) is 0 Å². The van der Waals surface area contributed by atoms with E-state index < -0.39 is 0 Å². The van der Waals surface area contributed by atoms with Crippen LogP contribution in [0.5, 0.6) is 0 Å². The zero-order valence-corrected chi connectivity index (χ0v) is 11.7. The Labute approximate surface area is 119 Å². The van der Waals surface area contributed by atoms with Crippen molar-refractivity contribution in [2.45, 2.75) is 26.2 Å². The van der Waals surface area contributed by atoms with Gasteiger partial charge in [-0.3, -0.25) is 4.79 Å². The van der Waals surface area contributed by atoms with Crippen molar-refractivity contribution in [3.05, 3.63) is 59.7 Å². The fourth-order valence-corrected chi connectivity index (χ4v) is 2.17. The first-order chi connectivity index (χ1) is 9.69. The first kappa shape index (κ1) is 14.1. The highest BCUT2D eigenvalue weighted by Gasteiger charge is 2.06. The molecule has 2 aromatic carbocycles. The van der Waals surface area contributed by atoms with Crippen LogP contribution in [0.15, 0.2) is 48.5 Å². The number of para-hydroxylation sites is 1. The number of hydrogen-bond donors (Lipinski definition) is 2. The van der Waals surface area contributed by atoms with Crippen molar-refractivity contribution >= 4 is 17.3 Å². The highest BCUT2D eigenvalue weighted by Crippen LogP contribution is 2.16. The summed E-state index contributed by atoms with van der Waals surface area (Å²) in [4.78, 5) is 12.0. The smallest absolute Gasteiger partial charge is 0.224 e. The summed E-state index contributed by atoms with van der Waals surface area (Å²) in [6, 6.07) is 15.6. The second kappa shape index (κ2) is 6.75. The van der Waals surface area contributed by atoms with Crippen LogP contribution in [0.25, 0.3) is 0 Å². The Morgan fingerprint density at radius 1 is 1.15 bits per heavy atom. The van der Waals surface area contributed by atoms with Gasteiger partial charge in [-0.1, -0.05) is 37.3 Å². The molecule has 3 nitrogen and oxygen atoms in total. The molecule has 0 saturated heterocycles. The lowest BCUT2D eigenvalue weighted by Gasteiger charge is -2.09. The van der Waals surface area contributed by atoms with Gasteiger partial charge in [0, 0.05) is 17.8 Å². The predicted octanol–water partition coefficient (Wildman–Crippen LogP) is 3.40. The molecule has 1 amide bonds. The van der Waals surface area contributed by atoms with Crippen LogP contribution in [0.2, 0.25) is 0 Å². The number of aryl methyl sites for hydroxylation is 2. The Hall–Kier alpha value is -2.29. The lowest BCUT2D eigenvalue weighted by Crippen LogP contribution is -2.13. The molecule has 2 rings (SSSR count). The van der Waals surface area contributed by atoms with Crippen LogP contribution in [0.1, 0.15) is 24.5 Å². The molecule has 104 valence electrons. The fraction of sp³-hybridized carbons (Fsp3) is 0.235. The summed E-state index contributed by atoms with van der Waals surface area (Å²) in [5.41, 5.74) is 9.62. The molecule has 0 aliphatic heterocycles. The van der Waals surface area contributed by atoms with Crippen LogP contribution >= 0.6 is 0 Å². The van der Waals surface area contributed by atoms with Crippen molar-refractivity contribution in [2.24, 2.45) is 0 Å². The minimum atomic E-state index is 0.0355. The maximum Gasteiger partial charge on any atom is 0.224 e. The topological polar surface area (TPSA) is 55.1 Å². The lowest BCUT2D eigenvalue weighted by molar-refractivity contribution is -0.116. The van der Waals surface area contributed by atoms with E-state index in [1.54, 1.807) is 0 Å². The second-order valence-electron chi connectivity index (χ2n) is 4.80. The number of rotatable bonds is 5. The average Bonchev–Trinajstić information content (AvgIpc) is 2.46. The van der Waals surface area contributed by atoms with Gasteiger partial charge in [0.2, 0.25) is 5.91 Å². The number of nitrogens with two attached hydrogens (primary N) is 1. The second-order valence-corrected chi connectivity index (χ2v) is 4.80. The molecule has 0 aromatic heterocycles. The number of anilines is 2. The van der Waals surface area contributed by atoms with Crippen molar-refractivity contribution in [2.75, 3.05) is 11.1 Å². The normalized spacial score (nSPS) is 10.2. The Kier molecular flexibility index (Phi) is 4.77. The van der Waals surface area contributed by atoms with E-state index in [9.17, 15) is 4.79 Å². The highest BCUT2D eigenvalue weighted by atomic mass is 16.1. The van der Waals surface area contributed by atoms with Crippen molar-refractivity contribution < 1.29 is 4.79 Å². The molecule has 0 atom stereocenters. The van der Waals surface area contributed by atoms with Crippen molar-refractivity contribution in [3.8, 4) is 0 Å². The Bertz CT molecular complexity index is 593. The van der Waals surface area contributed by atoms with E-state index in [0.717, 1.165) is 28.9 Å². The van der Waals surface area contributed by atoms with Crippen LogP contribution < -0.4 is 11.1 Å². The summed E-state index contributed by atoms with van der Waals surface area (Å²) < 4.78 is 0. The molecule has 20 heavy (non-hydrogen) atoms. The molecule has 0 aliphatic rings. The van der Waals surface area contributed by atoms with Gasteiger partial charge >= 0.3 is 0 Å². The van der Waals surface area contributed by atoms with Gasteiger partial charge in [0.1, 0.15) is 0 Å². The van der Waals surface area contributed by atoms with Crippen LogP contribution in [0, 0.1) is 0 Å². The summed E-state index contributed by atoms with van der Waals surface area (Å²) in [7, 11) is 0. The van der Waals surface area contributed by atoms with Gasteiger partial charge in [-0.2, -0.15) is 0 Å². The van der Waals surface area contributed by atoms with Crippen molar-refractivity contribution in [1.29, 1.82) is 0 Å². The summed E-state index contributed by atoms with van der Waals surface area (Å²) in [6.45, 7) is 2.08. The standard InChI is InChI=1S/C17H20N2O/c1-2-14-7-3-4-9-16(14)19-17(20)11-10-13-6-5-8-15(18)12-13/h3-9,12H,2,10-11,18H2,1H3,(H,19,20). The van der Waals surface area contributed by atoms with Crippen molar-refractivity contribution in [3.63, 3.8) is 0 Å². The molecule has 0 saturated carbocycles. The van der Waals surface area contributed by atoms with E-state index in [1.807, 2.05) is 48.5 Å². The predicted molar refractivity (Wildman–Crippen MR) is 83.6 cm³/mol. The SMILES string of the molecule is CCc1ccccc1NC(=O)CCc1cccc(N)c1. The van der Waals surface area contributed by atoms with Gasteiger partial charge in [-0.05, 0) is 42.2 Å². The largest absolute Gasteiger partial charge is 0.399 e. The van der Waals surface area contributed by atoms with E-state index in [-0.39, 0.29) is 5.91 Å². The number of hydrogen-bond acceptors (Lipinski definition) is 2. The monoisotopic (exact) mass is 268 g/mol. The number of nitrogens with one attached hydrogen (secondary N) is 1. The third-order valence-electron chi connectivity index (χ3n) is 3.26. The quantitative estimate of drug-likeness (QED) is 0.816. The van der Waals surface area contributed by atoms with E-state index in [4.69, 9.17) is 5.73 Å². The Morgan fingerprint density at radius 3 is 2.70 bits per heavy atom. The van der Waals surface area contributed by atoms with Gasteiger partial charge in [0.25, 0.3) is 0 Å². The number of carbonyl (C=O) groups is 1. The van der Waals surface area contributed by atoms with Crippen LogP contribution in [0.3, 0.4) is 0 Å². The van der Waals surface area contributed by atoms with Gasteiger partial charge in [0.15, 0.2) is 0 Å². The Morgan fingerprint density at radius 2 is 1.95 bits per heavy atom. The highest BCUT2D eigenvalue weighted by molar-refractivity contribution is 5.91. The molecule has 0 spiro atoms. The van der Waals surface area contributed by atoms with E-state index >= 15 is 0 Å². The van der Waals surface area contributed by atoms with Gasteiger partial charge in [-0.15, -0.1) is 0 Å². The molecule has 0 bridgehead atoms. The van der Waals surface area contributed by atoms with Crippen LogP contribution in [0.4, 0.5) is 11.4 Å². The molecule has 0 fully saturated rings. The third kappa shape index (κ3) is 3.85.